The normalized spacial score (nSPS) is 10.4. The molecule has 0 amide bonds. The predicted octanol–water partition coefficient (Wildman–Crippen LogP) is 3.48. The van der Waals surface area contributed by atoms with Gasteiger partial charge in [0.1, 0.15) is 17.4 Å². The van der Waals surface area contributed by atoms with Crippen molar-refractivity contribution in [1.29, 1.82) is 0 Å². The van der Waals surface area contributed by atoms with Crippen molar-refractivity contribution in [1.82, 2.24) is 0 Å². The fraction of sp³-hybridized carbons (Fsp3) is 0.0714. The van der Waals surface area contributed by atoms with Crippen LogP contribution < -0.4 is 4.74 Å². The van der Waals surface area contributed by atoms with Gasteiger partial charge in [-0.05, 0) is 12.1 Å². The lowest BCUT2D eigenvalue weighted by atomic mass is 10.0. The van der Waals surface area contributed by atoms with Gasteiger partial charge in [-0.15, -0.1) is 0 Å². The zero-order chi connectivity index (χ0) is 14.9. The maximum absolute atomic E-state index is 13.7. The topological polar surface area (TPSA) is 26.3 Å². The summed E-state index contributed by atoms with van der Waals surface area (Å²) in [6.45, 7) is 0. The van der Waals surface area contributed by atoms with Gasteiger partial charge in [-0.2, -0.15) is 0 Å². The number of ketones is 1. The number of benzene rings is 2. The third kappa shape index (κ3) is 2.36. The second-order valence-corrected chi connectivity index (χ2v) is 3.90. The smallest absolute Gasteiger partial charge is 0.201 e. The Labute approximate surface area is 111 Å². The van der Waals surface area contributed by atoms with Gasteiger partial charge in [0, 0.05) is 12.1 Å². The van der Waals surface area contributed by atoms with Gasteiger partial charge in [0.05, 0.1) is 18.2 Å². The average Bonchev–Trinajstić information content (AvgIpc) is 2.40. The number of halogens is 4. The Bertz CT molecular complexity index is 660. The number of ether oxygens (including phenoxy) is 1. The number of carbonyl (C=O) groups excluding carboxylic acids is 1. The standard InChI is InChI=1S/C14H8F4O2/c1-20-7-5-10(16)12(11(17)6-7)14(19)8-3-2-4-9(15)13(8)18/h2-6H,1H3. The van der Waals surface area contributed by atoms with E-state index in [2.05, 4.69) is 4.74 Å². The molecule has 0 N–H and O–H groups in total. The quantitative estimate of drug-likeness (QED) is 0.637. The third-order valence-corrected chi connectivity index (χ3v) is 2.67. The SMILES string of the molecule is COc1cc(F)c(C(=O)c2cccc(F)c2F)c(F)c1. The Morgan fingerprint density at radius 3 is 2.15 bits per heavy atom. The molecule has 0 saturated carbocycles. The Hall–Kier alpha value is -2.37. The van der Waals surface area contributed by atoms with E-state index in [9.17, 15) is 22.4 Å². The molecule has 0 aromatic heterocycles. The number of methoxy groups -OCH3 is 1. The Balaban J connectivity index is 2.57. The zero-order valence-electron chi connectivity index (χ0n) is 10.2. The first-order chi connectivity index (χ1) is 9.45. The van der Waals surface area contributed by atoms with Gasteiger partial charge in [0.25, 0.3) is 0 Å². The van der Waals surface area contributed by atoms with Crippen LogP contribution in [0.4, 0.5) is 17.6 Å². The molecule has 20 heavy (non-hydrogen) atoms. The monoisotopic (exact) mass is 284 g/mol. The highest BCUT2D eigenvalue weighted by atomic mass is 19.2. The van der Waals surface area contributed by atoms with Crippen LogP contribution in [-0.4, -0.2) is 12.9 Å². The number of carbonyl (C=O) groups is 1. The number of rotatable bonds is 3. The molecule has 0 radical (unpaired) electrons. The molecule has 2 rings (SSSR count). The van der Waals surface area contributed by atoms with Gasteiger partial charge in [-0.25, -0.2) is 17.6 Å². The summed E-state index contributed by atoms with van der Waals surface area (Å²) in [7, 11) is 1.20. The minimum Gasteiger partial charge on any atom is -0.497 e. The van der Waals surface area contributed by atoms with Gasteiger partial charge in [0.15, 0.2) is 11.6 Å². The van der Waals surface area contributed by atoms with E-state index in [1.165, 1.54) is 7.11 Å². The van der Waals surface area contributed by atoms with E-state index in [0.29, 0.717) is 0 Å². The van der Waals surface area contributed by atoms with E-state index in [4.69, 9.17) is 0 Å². The van der Waals surface area contributed by atoms with Crippen molar-refractivity contribution in [2.45, 2.75) is 0 Å². The van der Waals surface area contributed by atoms with Gasteiger partial charge in [0.2, 0.25) is 5.78 Å². The Morgan fingerprint density at radius 1 is 1.00 bits per heavy atom. The third-order valence-electron chi connectivity index (χ3n) is 2.67. The predicted molar refractivity (Wildman–Crippen MR) is 62.7 cm³/mol. The van der Waals surface area contributed by atoms with Crippen LogP contribution in [0.1, 0.15) is 15.9 Å². The highest BCUT2D eigenvalue weighted by Gasteiger charge is 2.24. The minimum atomic E-state index is -1.45. The van der Waals surface area contributed by atoms with Gasteiger partial charge in [-0.3, -0.25) is 4.79 Å². The van der Waals surface area contributed by atoms with Crippen molar-refractivity contribution < 1.29 is 27.1 Å². The molecule has 0 heterocycles. The number of hydrogen-bond acceptors (Lipinski definition) is 2. The van der Waals surface area contributed by atoms with Crippen molar-refractivity contribution in [2.24, 2.45) is 0 Å². The molecule has 0 spiro atoms. The van der Waals surface area contributed by atoms with Crippen molar-refractivity contribution >= 4 is 5.78 Å². The van der Waals surface area contributed by atoms with Crippen LogP contribution in [0.15, 0.2) is 30.3 Å². The summed E-state index contributed by atoms with van der Waals surface area (Å²) in [5, 5.41) is 0. The van der Waals surface area contributed by atoms with E-state index >= 15 is 0 Å². The Kier molecular flexibility index (Phi) is 3.74. The van der Waals surface area contributed by atoms with Crippen LogP contribution in [0.5, 0.6) is 5.75 Å². The molecule has 0 atom stereocenters. The molecule has 2 aromatic rings. The summed E-state index contributed by atoms with van der Waals surface area (Å²) in [5.74, 6) is -6.56. The fourth-order valence-corrected chi connectivity index (χ4v) is 1.70. The van der Waals surface area contributed by atoms with Crippen LogP contribution in [0.25, 0.3) is 0 Å². The Morgan fingerprint density at radius 2 is 1.60 bits per heavy atom. The first-order valence-electron chi connectivity index (χ1n) is 5.47. The minimum absolute atomic E-state index is 0.128. The summed E-state index contributed by atoms with van der Waals surface area (Å²) in [4.78, 5) is 11.9. The van der Waals surface area contributed by atoms with Crippen LogP contribution in [0, 0.1) is 23.3 Å². The maximum Gasteiger partial charge on any atom is 0.201 e. The molecule has 104 valence electrons. The second-order valence-electron chi connectivity index (χ2n) is 3.90. The molecule has 0 aliphatic carbocycles. The second kappa shape index (κ2) is 5.32. The summed E-state index contributed by atoms with van der Waals surface area (Å²) in [6.07, 6.45) is 0. The van der Waals surface area contributed by atoms with Crippen molar-refractivity contribution in [3.8, 4) is 5.75 Å². The molecule has 0 aliphatic rings. The molecule has 2 nitrogen and oxygen atoms in total. The summed E-state index contributed by atoms with van der Waals surface area (Å²) < 4.78 is 58.6. The number of hydrogen-bond donors (Lipinski definition) is 0. The van der Waals surface area contributed by atoms with Gasteiger partial charge >= 0.3 is 0 Å². The molecule has 0 saturated heterocycles. The molecule has 0 aliphatic heterocycles. The van der Waals surface area contributed by atoms with Crippen molar-refractivity contribution in [3.05, 3.63) is 64.7 Å². The highest BCUT2D eigenvalue weighted by molar-refractivity contribution is 6.09. The van der Waals surface area contributed by atoms with Gasteiger partial charge in [-0.1, -0.05) is 6.07 Å². The molecule has 2 aromatic carbocycles. The molecule has 0 bridgehead atoms. The van der Waals surface area contributed by atoms with E-state index < -0.39 is 40.2 Å². The summed E-state index contributed by atoms with van der Waals surface area (Å²) >= 11 is 0. The lowest BCUT2D eigenvalue weighted by Crippen LogP contribution is -2.11. The zero-order valence-corrected chi connectivity index (χ0v) is 10.2. The van der Waals surface area contributed by atoms with E-state index in [1.807, 2.05) is 0 Å². The average molecular weight is 284 g/mol. The van der Waals surface area contributed by atoms with Crippen LogP contribution in [-0.2, 0) is 0 Å². The largest absolute Gasteiger partial charge is 0.497 e. The van der Waals surface area contributed by atoms with Crippen LogP contribution >= 0.6 is 0 Å². The maximum atomic E-state index is 13.7. The molecular formula is C14H8F4O2. The molecule has 6 heteroatoms. The van der Waals surface area contributed by atoms with E-state index in [0.717, 1.165) is 30.3 Å². The van der Waals surface area contributed by atoms with Crippen molar-refractivity contribution in [3.63, 3.8) is 0 Å². The molecule has 0 unspecified atom stereocenters. The van der Waals surface area contributed by atoms with E-state index in [-0.39, 0.29) is 5.75 Å². The van der Waals surface area contributed by atoms with Crippen molar-refractivity contribution in [2.75, 3.05) is 7.11 Å². The molecular weight excluding hydrogens is 276 g/mol. The van der Waals surface area contributed by atoms with Gasteiger partial charge < -0.3 is 4.74 Å². The van der Waals surface area contributed by atoms with Crippen LogP contribution in [0.3, 0.4) is 0 Å². The fourth-order valence-electron chi connectivity index (χ4n) is 1.70. The first-order valence-corrected chi connectivity index (χ1v) is 5.47. The van der Waals surface area contributed by atoms with Crippen LogP contribution in [0.2, 0.25) is 0 Å². The summed E-state index contributed by atoms with van der Waals surface area (Å²) in [6, 6.07) is 4.39. The highest BCUT2D eigenvalue weighted by Crippen LogP contribution is 2.24. The molecule has 0 fully saturated rings. The van der Waals surface area contributed by atoms with E-state index in [1.54, 1.807) is 0 Å². The lowest BCUT2D eigenvalue weighted by molar-refractivity contribution is 0.102. The lowest BCUT2D eigenvalue weighted by Gasteiger charge is -2.08. The first kappa shape index (κ1) is 14.0. The summed E-state index contributed by atoms with van der Waals surface area (Å²) in [5.41, 5.74) is -1.71.